The molecule has 140 valence electrons. The van der Waals surface area contributed by atoms with Gasteiger partial charge in [-0.15, -0.1) is 28.1 Å². The monoisotopic (exact) mass is 398 g/mol. The Labute approximate surface area is 167 Å². The van der Waals surface area contributed by atoms with Crippen LogP contribution in [0, 0.1) is 13.8 Å². The molecule has 2 heterocycles. The summed E-state index contributed by atoms with van der Waals surface area (Å²) in [6.07, 6.45) is 1.82. The number of rotatable bonds is 8. The molecule has 0 atom stereocenters. The smallest absolute Gasteiger partial charge is 0.230 e. The predicted octanol–water partition coefficient (Wildman–Crippen LogP) is 4.22. The Bertz CT molecular complexity index is 931. The maximum absolute atomic E-state index is 12.2. The molecule has 0 saturated carbocycles. The molecule has 0 bridgehead atoms. The summed E-state index contributed by atoms with van der Waals surface area (Å²) in [6.45, 7) is 9.16. The van der Waals surface area contributed by atoms with E-state index in [1.165, 1.54) is 22.2 Å². The SMILES string of the molecule is C=CCn1c(SCC(=O)NCc2ccccc2)nnc1-c1csc(C)c1C. The van der Waals surface area contributed by atoms with Crippen molar-refractivity contribution in [3.05, 3.63) is 64.4 Å². The van der Waals surface area contributed by atoms with Crippen LogP contribution < -0.4 is 5.32 Å². The quantitative estimate of drug-likeness (QED) is 0.456. The van der Waals surface area contributed by atoms with Crippen molar-refractivity contribution in [2.24, 2.45) is 0 Å². The molecule has 0 fully saturated rings. The average Bonchev–Trinajstić information content (AvgIpc) is 3.23. The fraction of sp³-hybridized carbons (Fsp3) is 0.250. The van der Waals surface area contributed by atoms with Crippen molar-refractivity contribution in [1.29, 1.82) is 0 Å². The Balaban J connectivity index is 1.67. The number of amides is 1. The molecule has 1 amide bonds. The van der Waals surface area contributed by atoms with Gasteiger partial charge in [-0.25, -0.2) is 0 Å². The fourth-order valence-electron chi connectivity index (χ4n) is 2.60. The summed E-state index contributed by atoms with van der Waals surface area (Å²) in [7, 11) is 0. The highest BCUT2D eigenvalue weighted by atomic mass is 32.2. The van der Waals surface area contributed by atoms with E-state index in [-0.39, 0.29) is 5.91 Å². The van der Waals surface area contributed by atoms with Gasteiger partial charge in [-0.05, 0) is 25.0 Å². The van der Waals surface area contributed by atoms with Gasteiger partial charge < -0.3 is 5.32 Å². The van der Waals surface area contributed by atoms with Crippen molar-refractivity contribution in [2.75, 3.05) is 5.75 Å². The summed E-state index contributed by atoms with van der Waals surface area (Å²) < 4.78 is 2.01. The van der Waals surface area contributed by atoms with Gasteiger partial charge in [-0.1, -0.05) is 48.2 Å². The van der Waals surface area contributed by atoms with Gasteiger partial charge >= 0.3 is 0 Å². The van der Waals surface area contributed by atoms with Crippen molar-refractivity contribution < 1.29 is 4.79 Å². The fourth-order valence-corrected chi connectivity index (χ4v) is 4.24. The number of nitrogens with zero attached hydrogens (tertiary/aromatic N) is 3. The van der Waals surface area contributed by atoms with Gasteiger partial charge in [0.1, 0.15) is 0 Å². The second-order valence-corrected chi connectivity index (χ2v) is 8.11. The highest BCUT2D eigenvalue weighted by Gasteiger charge is 2.17. The lowest BCUT2D eigenvalue weighted by Crippen LogP contribution is -2.24. The van der Waals surface area contributed by atoms with Crippen LogP contribution in [0.3, 0.4) is 0 Å². The van der Waals surface area contributed by atoms with Gasteiger partial charge in [0.2, 0.25) is 5.91 Å². The van der Waals surface area contributed by atoms with Crippen LogP contribution in [0.2, 0.25) is 0 Å². The summed E-state index contributed by atoms with van der Waals surface area (Å²) in [5, 5.41) is 14.4. The first-order valence-corrected chi connectivity index (χ1v) is 10.5. The number of thiophene rings is 1. The molecule has 27 heavy (non-hydrogen) atoms. The molecular weight excluding hydrogens is 376 g/mol. The third-order valence-corrected chi connectivity index (χ3v) is 6.20. The lowest BCUT2D eigenvalue weighted by Gasteiger charge is -2.08. The average molecular weight is 399 g/mol. The molecule has 2 aromatic heterocycles. The molecule has 0 spiro atoms. The van der Waals surface area contributed by atoms with E-state index in [9.17, 15) is 4.79 Å². The second-order valence-electron chi connectivity index (χ2n) is 6.09. The maximum atomic E-state index is 12.2. The van der Waals surface area contributed by atoms with Crippen molar-refractivity contribution in [3.8, 4) is 11.4 Å². The summed E-state index contributed by atoms with van der Waals surface area (Å²) in [4.78, 5) is 13.5. The topological polar surface area (TPSA) is 59.8 Å². The van der Waals surface area contributed by atoms with Crippen molar-refractivity contribution in [2.45, 2.75) is 32.1 Å². The van der Waals surface area contributed by atoms with E-state index in [1.54, 1.807) is 11.3 Å². The van der Waals surface area contributed by atoms with Gasteiger partial charge in [-0.3, -0.25) is 9.36 Å². The molecule has 0 saturated heterocycles. The van der Waals surface area contributed by atoms with Crippen molar-refractivity contribution in [3.63, 3.8) is 0 Å². The van der Waals surface area contributed by atoms with Gasteiger partial charge in [0.05, 0.1) is 5.75 Å². The first kappa shape index (κ1) is 19.4. The number of carbonyl (C=O) groups is 1. The van der Waals surface area contributed by atoms with E-state index in [1.807, 2.05) is 41.0 Å². The zero-order valence-electron chi connectivity index (χ0n) is 15.4. The molecule has 0 unspecified atom stereocenters. The highest BCUT2D eigenvalue weighted by Crippen LogP contribution is 2.31. The standard InChI is InChI=1S/C20H22N4OS2/c1-4-10-24-19(17-12-26-15(3)14(17)2)22-23-20(24)27-13-18(25)21-11-16-8-6-5-7-9-16/h4-9,12H,1,10-11,13H2,2-3H3,(H,21,25). The summed E-state index contributed by atoms with van der Waals surface area (Å²) in [6, 6.07) is 9.87. The molecule has 3 aromatic rings. The van der Waals surface area contributed by atoms with Crippen LogP contribution in [0.4, 0.5) is 0 Å². The minimum atomic E-state index is -0.0267. The van der Waals surface area contributed by atoms with E-state index in [0.717, 1.165) is 22.1 Å². The lowest BCUT2D eigenvalue weighted by molar-refractivity contribution is -0.118. The number of carbonyl (C=O) groups excluding carboxylic acids is 1. The van der Waals surface area contributed by atoms with Crippen LogP contribution in [-0.4, -0.2) is 26.4 Å². The molecule has 0 aliphatic rings. The third kappa shape index (κ3) is 4.67. The zero-order valence-corrected chi connectivity index (χ0v) is 17.1. The predicted molar refractivity (Wildman–Crippen MR) is 112 cm³/mol. The Morgan fingerprint density at radius 1 is 1.30 bits per heavy atom. The van der Waals surface area contributed by atoms with Gasteiger partial charge in [0.15, 0.2) is 11.0 Å². The highest BCUT2D eigenvalue weighted by molar-refractivity contribution is 7.99. The number of nitrogens with one attached hydrogen (secondary N) is 1. The van der Waals surface area contributed by atoms with Gasteiger partial charge in [0.25, 0.3) is 0 Å². The lowest BCUT2D eigenvalue weighted by atomic mass is 10.1. The first-order valence-electron chi connectivity index (χ1n) is 8.62. The Kier molecular flexibility index (Phi) is 6.47. The second kappa shape index (κ2) is 9.01. The van der Waals surface area contributed by atoms with Crippen molar-refractivity contribution >= 4 is 29.0 Å². The van der Waals surface area contributed by atoms with Crippen LogP contribution in [-0.2, 0) is 17.9 Å². The van der Waals surface area contributed by atoms with E-state index in [0.29, 0.717) is 18.8 Å². The molecule has 5 nitrogen and oxygen atoms in total. The number of allylic oxidation sites excluding steroid dienone is 1. The number of hydrogen-bond donors (Lipinski definition) is 1. The first-order chi connectivity index (χ1) is 13.1. The molecular formula is C20H22N4OS2. The van der Waals surface area contributed by atoms with E-state index < -0.39 is 0 Å². The largest absolute Gasteiger partial charge is 0.351 e. The molecule has 7 heteroatoms. The number of thioether (sulfide) groups is 1. The molecule has 1 N–H and O–H groups in total. The van der Waals surface area contributed by atoms with Gasteiger partial charge in [0, 0.05) is 28.9 Å². The molecule has 3 rings (SSSR count). The Morgan fingerprint density at radius 3 is 2.74 bits per heavy atom. The number of hydrogen-bond acceptors (Lipinski definition) is 5. The van der Waals surface area contributed by atoms with Crippen LogP contribution in [0.25, 0.3) is 11.4 Å². The summed E-state index contributed by atoms with van der Waals surface area (Å²) in [5.74, 6) is 1.09. The molecule has 1 aromatic carbocycles. The summed E-state index contributed by atoms with van der Waals surface area (Å²) >= 11 is 3.10. The molecule has 0 radical (unpaired) electrons. The summed E-state index contributed by atoms with van der Waals surface area (Å²) in [5.41, 5.74) is 3.39. The minimum Gasteiger partial charge on any atom is -0.351 e. The zero-order chi connectivity index (χ0) is 19.2. The molecule has 0 aliphatic heterocycles. The Hall–Kier alpha value is -2.38. The number of aryl methyl sites for hydroxylation is 1. The van der Waals surface area contributed by atoms with Crippen LogP contribution in [0.5, 0.6) is 0 Å². The van der Waals surface area contributed by atoms with E-state index in [2.05, 4.69) is 41.3 Å². The molecule has 0 aliphatic carbocycles. The third-order valence-electron chi connectivity index (χ3n) is 4.22. The number of aromatic nitrogens is 3. The normalized spacial score (nSPS) is 10.7. The minimum absolute atomic E-state index is 0.0267. The van der Waals surface area contributed by atoms with Gasteiger partial charge in [-0.2, -0.15) is 0 Å². The van der Waals surface area contributed by atoms with E-state index in [4.69, 9.17) is 0 Å². The van der Waals surface area contributed by atoms with Crippen molar-refractivity contribution in [1.82, 2.24) is 20.1 Å². The Morgan fingerprint density at radius 2 is 2.07 bits per heavy atom. The maximum Gasteiger partial charge on any atom is 0.230 e. The van der Waals surface area contributed by atoms with Crippen LogP contribution in [0.1, 0.15) is 16.0 Å². The van der Waals surface area contributed by atoms with E-state index >= 15 is 0 Å². The van der Waals surface area contributed by atoms with Crippen LogP contribution in [0.15, 0.2) is 53.5 Å². The number of benzene rings is 1. The van der Waals surface area contributed by atoms with Crippen LogP contribution >= 0.6 is 23.1 Å².